The van der Waals surface area contributed by atoms with E-state index in [4.69, 9.17) is 5.11 Å². The molecule has 0 amide bonds. The van der Waals surface area contributed by atoms with Gasteiger partial charge in [-0.05, 0) is 37.3 Å². The molecule has 1 aromatic rings. The molecule has 0 saturated carbocycles. The molecule has 0 atom stereocenters. The molecule has 2 nitrogen and oxygen atoms in total. The van der Waals surface area contributed by atoms with Crippen LogP contribution in [0.4, 0.5) is 4.39 Å². The normalized spacial score (nSPS) is 10.4. The van der Waals surface area contributed by atoms with Gasteiger partial charge in [0.1, 0.15) is 5.82 Å². The number of carboxylic acid groups (broad SMARTS) is 1. The number of hydrogen-bond donors (Lipinski definition) is 1. The van der Waals surface area contributed by atoms with E-state index in [-0.39, 0.29) is 12.2 Å². The summed E-state index contributed by atoms with van der Waals surface area (Å²) in [5.74, 6) is -0.887. The third-order valence-electron chi connectivity index (χ3n) is 2.61. The number of unbranched alkanes of at least 4 members (excludes halogenated alkanes) is 2. The van der Waals surface area contributed by atoms with Gasteiger partial charge in [0.05, 0.1) is 0 Å². The molecule has 16 heavy (non-hydrogen) atoms. The van der Waals surface area contributed by atoms with Crippen molar-refractivity contribution in [2.75, 3.05) is 0 Å². The van der Waals surface area contributed by atoms with Crippen LogP contribution in [0.15, 0.2) is 18.2 Å². The maximum Gasteiger partial charge on any atom is 0.303 e. The highest BCUT2D eigenvalue weighted by atomic mass is 19.1. The van der Waals surface area contributed by atoms with E-state index in [0.717, 1.165) is 18.4 Å². The number of carboxylic acids is 1. The lowest BCUT2D eigenvalue weighted by atomic mass is 10.0. The van der Waals surface area contributed by atoms with E-state index in [9.17, 15) is 9.18 Å². The Morgan fingerprint density at radius 1 is 1.31 bits per heavy atom. The molecule has 0 spiro atoms. The van der Waals surface area contributed by atoms with E-state index >= 15 is 0 Å². The van der Waals surface area contributed by atoms with Gasteiger partial charge < -0.3 is 5.11 Å². The van der Waals surface area contributed by atoms with Gasteiger partial charge in [0, 0.05) is 6.42 Å². The molecule has 0 aliphatic carbocycles. The first-order chi connectivity index (χ1) is 7.61. The summed E-state index contributed by atoms with van der Waals surface area (Å²) in [6.07, 6.45) is 3.24. The first-order valence-corrected chi connectivity index (χ1v) is 5.57. The molecule has 0 heterocycles. The average molecular weight is 224 g/mol. The lowest BCUT2D eigenvalue weighted by molar-refractivity contribution is -0.137. The van der Waals surface area contributed by atoms with Crippen molar-refractivity contribution in [3.05, 3.63) is 35.1 Å². The minimum atomic E-state index is -0.762. The van der Waals surface area contributed by atoms with Crippen LogP contribution in [0.5, 0.6) is 0 Å². The highest BCUT2D eigenvalue weighted by Crippen LogP contribution is 2.15. The Balaban J connectivity index is 2.32. The van der Waals surface area contributed by atoms with Gasteiger partial charge in [0.15, 0.2) is 0 Å². The van der Waals surface area contributed by atoms with Gasteiger partial charge in [-0.3, -0.25) is 4.79 Å². The van der Waals surface area contributed by atoms with Crippen molar-refractivity contribution in [2.24, 2.45) is 0 Å². The highest BCUT2D eigenvalue weighted by Gasteiger charge is 2.04. The number of hydrogen-bond acceptors (Lipinski definition) is 1. The molecule has 0 aliphatic rings. The Morgan fingerprint density at radius 2 is 2.06 bits per heavy atom. The monoisotopic (exact) mass is 224 g/mol. The summed E-state index contributed by atoms with van der Waals surface area (Å²) in [7, 11) is 0. The molecule has 0 bridgehead atoms. The number of halogens is 1. The van der Waals surface area contributed by atoms with Gasteiger partial charge in [-0.1, -0.05) is 24.6 Å². The number of aliphatic carboxylic acids is 1. The van der Waals surface area contributed by atoms with E-state index < -0.39 is 5.97 Å². The quantitative estimate of drug-likeness (QED) is 0.752. The minimum Gasteiger partial charge on any atom is -0.481 e. The first-order valence-electron chi connectivity index (χ1n) is 5.57. The van der Waals surface area contributed by atoms with Crippen molar-refractivity contribution >= 4 is 5.97 Å². The van der Waals surface area contributed by atoms with Crippen LogP contribution in [0.3, 0.4) is 0 Å². The van der Waals surface area contributed by atoms with E-state index in [1.54, 1.807) is 19.1 Å². The van der Waals surface area contributed by atoms with Crippen molar-refractivity contribution in [1.82, 2.24) is 0 Å². The number of rotatable bonds is 6. The van der Waals surface area contributed by atoms with Gasteiger partial charge in [0.2, 0.25) is 0 Å². The Labute approximate surface area is 95.1 Å². The van der Waals surface area contributed by atoms with Crippen molar-refractivity contribution in [3.63, 3.8) is 0 Å². The summed E-state index contributed by atoms with van der Waals surface area (Å²) in [5.41, 5.74) is 1.40. The Hall–Kier alpha value is -1.38. The fourth-order valence-electron chi connectivity index (χ4n) is 1.67. The summed E-state index contributed by atoms with van der Waals surface area (Å²) >= 11 is 0. The van der Waals surface area contributed by atoms with Gasteiger partial charge in [-0.2, -0.15) is 0 Å². The van der Waals surface area contributed by atoms with Crippen LogP contribution in [0.1, 0.15) is 36.8 Å². The van der Waals surface area contributed by atoms with Gasteiger partial charge >= 0.3 is 5.97 Å². The van der Waals surface area contributed by atoms with Gasteiger partial charge in [-0.25, -0.2) is 4.39 Å². The summed E-state index contributed by atoms with van der Waals surface area (Å²) in [6.45, 7) is 1.75. The predicted octanol–water partition coefficient (Wildman–Crippen LogP) is 3.32. The number of benzene rings is 1. The van der Waals surface area contributed by atoms with Crippen molar-refractivity contribution in [3.8, 4) is 0 Å². The fraction of sp³-hybridized carbons (Fsp3) is 0.462. The lowest BCUT2D eigenvalue weighted by Crippen LogP contribution is -1.96. The molecule has 0 aromatic heterocycles. The average Bonchev–Trinajstić information content (AvgIpc) is 2.23. The molecular formula is C13H17FO2. The van der Waals surface area contributed by atoms with Crippen molar-refractivity contribution < 1.29 is 14.3 Å². The van der Waals surface area contributed by atoms with Gasteiger partial charge in [-0.15, -0.1) is 0 Å². The van der Waals surface area contributed by atoms with E-state index in [0.29, 0.717) is 18.4 Å². The largest absolute Gasteiger partial charge is 0.481 e. The number of carbonyl (C=O) groups is 1. The lowest BCUT2D eigenvalue weighted by Gasteiger charge is -2.04. The van der Waals surface area contributed by atoms with Gasteiger partial charge in [0.25, 0.3) is 0 Å². The second-order valence-electron chi connectivity index (χ2n) is 4.00. The molecule has 88 valence electrons. The first kappa shape index (κ1) is 12.7. The predicted molar refractivity (Wildman–Crippen MR) is 60.9 cm³/mol. The molecule has 0 radical (unpaired) electrons. The van der Waals surface area contributed by atoms with Crippen LogP contribution in [0, 0.1) is 12.7 Å². The number of aryl methyl sites for hydroxylation is 2. The Kier molecular flexibility index (Phi) is 4.96. The second kappa shape index (κ2) is 6.26. The molecule has 1 rings (SSSR count). The second-order valence-corrected chi connectivity index (χ2v) is 4.00. The molecular weight excluding hydrogens is 207 g/mol. The van der Waals surface area contributed by atoms with Crippen molar-refractivity contribution in [2.45, 2.75) is 39.0 Å². The van der Waals surface area contributed by atoms with Crippen LogP contribution in [-0.2, 0) is 11.2 Å². The Morgan fingerprint density at radius 3 is 2.75 bits per heavy atom. The van der Waals surface area contributed by atoms with E-state index in [1.807, 2.05) is 6.07 Å². The van der Waals surface area contributed by atoms with E-state index in [2.05, 4.69) is 0 Å². The van der Waals surface area contributed by atoms with Crippen LogP contribution in [0.25, 0.3) is 0 Å². The maximum absolute atomic E-state index is 13.5. The molecule has 0 unspecified atom stereocenters. The molecule has 0 saturated heterocycles. The summed E-state index contributed by atoms with van der Waals surface area (Å²) in [5, 5.41) is 8.45. The molecule has 0 aliphatic heterocycles. The maximum atomic E-state index is 13.5. The molecule has 1 aromatic carbocycles. The third kappa shape index (κ3) is 4.01. The third-order valence-corrected chi connectivity index (χ3v) is 2.61. The molecule has 3 heteroatoms. The van der Waals surface area contributed by atoms with Crippen LogP contribution in [-0.4, -0.2) is 11.1 Å². The van der Waals surface area contributed by atoms with E-state index in [1.165, 1.54) is 0 Å². The van der Waals surface area contributed by atoms with Crippen molar-refractivity contribution in [1.29, 1.82) is 0 Å². The molecule has 1 N–H and O–H groups in total. The zero-order valence-electron chi connectivity index (χ0n) is 9.50. The zero-order valence-corrected chi connectivity index (χ0v) is 9.50. The van der Waals surface area contributed by atoms with Crippen LogP contribution >= 0.6 is 0 Å². The zero-order chi connectivity index (χ0) is 12.0. The van der Waals surface area contributed by atoms with Crippen LogP contribution in [0.2, 0.25) is 0 Å². The Bertz CT molecular complexity index is 361. The minimum absolute atomic E-state index is 0.124. The molecule has 0 fully saturated rings. The standard InChI is InChI=1S/C13H17FO2/c1-10-6-5-8-11(13(10)14)7-3-2-4-9-12(15)16/h5-6,8H,2-4,7,9H2,1H3,(H,15,16). The topological polar surface area (TPSA) is 37.3 Å². The fourth-order valence-corrected chi connectivity index (χ4v) is 1.67. The smallest absolute Gasteiger partial charge is 0.303 e. The summed E-state index contributed by atoms with van der Waals surface area (Å²) in [4.78, 5) is 10.3. The summed E-state index contributed by atoms with van der Waals surface area (Å²) in [6, 6.07) is 5.40. The summed E-state index contributed by atoms with van der Waals surface area (Å²) < 4.78 is 13.5. The van der Waals surface area contributed by atoms with Crippen LogP contribution < -0.4 is 0 Å². The highest BCUT2D eigenvalue weighted by molar-refractivity contribution is 5.66. The SMILES string of the molecule is Cc1cccc(CCCCCC(=O)O)c1F.